The van der Waals surface area contributed by atoms with Crippen LogP contribution in [0.15, 0.2) is 29.6 Å². The normalized spacial score (nSPS) is 24.2. The van der Waals surface area contributed by atoms with Gasteiger partial charge in [0.2, 0.25) is 5.91 Å². The second kappa shape index (κ2) is 8.52. The van der Waals surface area contributed by atoms with Gasteiger partial charge in [-0.15, -0.1) is 23.7 Å². The number of carbonyl (C=O) groups is 1. The lowest BCUT2D eigenvalue weighted by atomic mass is 9.89. The monoisotopic (exact) mass is 378 g/mol. The molecule has 0 unspecified atom stereocenters. The van der Waals surface area contributed by atoms with Gasteiger partial charge < -0.3 is 5.32 Å². The van der Waals surface area contributed by atoms with Crippen LogP contribution in [-0.2, 0) is 11.2 Å². The van der Waals surface area contributed by atoms with Crippen molar-refractivity contribution in [3.8, 4) is 0 Å². The lowest BCUT2D eigenvalue weighted by molar-refractivity contribution is -0.121. The molecule has 0 bridgehead atoms. The van der Waals surface area contributed by atoms with Crippen molar-refractivity contribution in [3.63, 3.8) is 0 Å². The Morgan fingerprint density at radius 2 is 1.92 bits per heavy atom. The fraction of sp³-hybridized carbons (Fsp3) is 0.550. The van der Waals surface area contributed by atoms with E-state index in [2.05, 4.69) is 39.9 Å². The number of amides is 1. The third-order valence-electron chi connectivity index (χ3n) is 5.62. The standard InChI is InChI=1S/C20H26N2OS.ClH/c23-20(14-15-6-5-9-19-16(15)10-13-24-19)21-17-7-1-2-8-18(17)22-11-3-4-12-22;/h5-6,9-10,13,17-18H,1-4,7-8,11-12,14H2,(H,21,23);1H/t17-,18-;/m1./s1. The molecule has 1 N–H and O–H groups in total. The number of hydrogen-bond donors (Lipinski definition) is 1. The summed E-state index contributed by atoms with van der Waals surface area (Å²) in [6, 6.07) is 9.32. The second-order valence-electron chi connectivity index (χ2n) is 7.20. The third-order valence-corrected chi connectivity index (χ3v) is 6.50. The molecule has 1 saturated heterocycles. The largest absolute Gasteiger partial charge is 0.352 e. The van der Waals surface area contributed by atoms with Gasteiger partial charge in [-0.1, -0.05) is 25.0 Å². The van der Waals surface area contributed by atoms with Crippen molar-refractivity contribution >= 4 is 39.7 Å². The molecule has 2 aliphatic rings. The van der Waals surface area contributed by atoms with Gasteiger partial charge in [-0.25, -0.2) is 0 Å². The fourth-order valence-corrected chi connectivity index (χ4v) is 5.27. The molecule has 4 rings (SSSR count). The lowest BCUT2D eigenvalue weighted by Crippen LogP contribution is -2.52. The van der Waals surface area contributed by atoms with Crippen LogP contribution < -0.4 is 5.32 Å². The van der Waals surface area contributed by atoms with Gasteiger partial charge in [0.1, 0.15) is 0 Å². The van der Waals surface area contributed by atoms with Crippen LogP contribution in [0.2, 0.25) is 0 Å². The predicted octanol–water partition coefficient (Wildman–Crippen LogP) is 4.39. The summed E-state index contributed by atoms with van der Waals surface area (Å²) in [5, 5.41) is 6.72. The van der Waals surface area contributed by atoms with Gasteiger partial charge in [0, 0.05) is 16.8 Å². The first-order chi connectivity index (χ1) is 11.8. The van der Waals surface area contributed by atoms with Crippen LogP contribution in [-0.4, -0.2) is 36.0 Å². The first-order valence-corrected chi connectivity index (χ1v) is 10.2. The molecular formula is C20H27ClN2OS. The molecule has 5 heteroatoms. The number of fused-ring (bicyclic) bond motifs is 1. The summed E-state index contributed by atoms with van der Waals surface area (Å²) in [4.78, 5) is 15.3. The minimum atomic E-state index is 0. The molecule has 2 aromatic rings. The van der Waals surface area contributed by atoms with E-state index < -0.39 is 0 Å². The first kappa shape index (κ1) is 18.7. The van der Waals surface area contributed by atoms with Crippen molar-refractivity contribution in [2.45, 2.75) is 57.0 Å². The predicted molar refractivity (Wildman–Crippen MR) is 108 cm³/mol. The average molecular weight is 379 g/mol. The van der Waals surface area contributed by atoms with Crippen molar-refractivity contribution in [1.82, 2.24) is 10.2 Å². The minimum absolute atomic E-state index is 0. The second-order valence-corrected chi connectivity index (χ2v) is 8.14. The van der Waals surface area contributed by atoms with E-state index in [0.717, 1.165) is 12.0 Å². The van der Waals surface area contributed by atoms with Gasteiger partial charge in [0.15, 0.2) is 0 Å². The van der Waals surface area contributed by atoms with Gasteiger partial charge in [0.25, 0.3) is 0 Å². The summed E-state index contributed by atoms with van der Waals surface area (Å²) in [5.74, 6) is 0.185. The summed E-state index contributed by atoms with van der Waals surface area (Å²) in [5.41, 5.74) is 1.15. The van der Waals surface area contributed by atoms with E-state index in [1.165, 1.54) is 55.3 Å². The SMILES string of the molecule is Cl.O=C(Cc1cccc2sccc12)N[C@@H]1CCCC[C@H]1N1CCCC1. The Labute approximate surface area is 160 Å². The number of carbonyl (C=O) groups excluding carboxylic acids is 1. The van der Waals surface area contributed by atoms with Crippen LogP contribution >= 0.6 is 23.7 Å². The average Bonchev–Trinajstić information content (AvgIpc) is 3.27. The third kappa shape index (κ3) is 4.18. The Balaban J connectivity index is 0.00000182. The molecular weight excluding hydrogens is 352 g/mol. The Morgan fingerprint density at radius 3 is 2.76 bits per heavy atom. The zero-order valence-corrected chi connectivity index (χ0v) is 16.2. The molecule has 2 fully saturated rings. The van der Waals surface area contributed by atoms with Gasteiger partial charge in [-0.2, -0.15) is 0 Å². The van der Waals surface area contributed by atoms with E-state index in [0.29, 0.717) is 18.5 Å². The molecule has 2 atom stereocenters. The van der Waals surface area contributed by atoms with Crippen LogP contribution in [0.3, 0.4) is 0 Å². The summed E-state index contributed by atoms with van der Waals surface area (Å²) in [6.07, 6.45) is 8.06. The minimum Gasteiger partial charge on any atom is -0.352 e. The van der Waals surface area contributed by atoms with Crippen molar-refractivity contribution in [2.75, 3.05) is 13.1 Å². The summed E-state index contributed by atoms with van der Waals surface area (Å²) in [6.45, 7) is 2.43. The molecule has 1 aliphatic heterocycles. The van der Waals surface area contributed by atoms with E-state index in [1.807, 2.05) is 0 Å². The Bertz CT molecular complexity index is 711. The van der Waals surface area contributed by atoms with Crippen molar-refractivity contribution in [1.29, 1.82) is 0 Å². The Kier molecular flexibility index (Phi) is 6.37. The topological polar surface area (TPSA) is 32.3 Å². The van der Waals surface area contributed by atoms with E-state index >= 15 is 0 Å². The molecule has 0 radical (unpaired) electrons. The van der Waals surface area contributed by atoms with Crippen LogP contribution in [0, 0.1) is 0 Å². The molecule has 1 aromatic carbocycles. The number of rotatable bonds is 4. The molecule has 1 saturated carbocycles. The Hall–Kier alpha value is -1.10. The van der Waals surface area contributed by atoms with E-state index in [4.69, 9.17) is 0 Å². The maximum absolute atomic E-state index is 12.7. The zero-order valence-electron chi connectivity index (χ0n) is 14.6. The number of benzene rings is 1. The highest BCUT2D eigenvalue weighted by Gasteiger charge is 2.32. The van der Waals surface area contributed by atoms with Gasteiger partial charge in [-0.3, -0.25) is 9.69 Å². The van der Waals surface area contributed by atoms with Crippen LogP contribution in [0.5, 0.6) is 0 Å². The van der Waals surface area contributed by atoms with Gasteiger partial charge >= 0.3 is 0 Å². The molecule has 3 nitrogen and oxygen atoms in total. The lowest BCUT2D eigenvalue weighted by Gasteiger charge is -2.38. The highest BCUT2D eigenvalue weighted by molar-refractivity contribution is 7.17. The van der Waals surface area contributed by atoms with Crippen molar-refractivity contribution in [3.05, 3.63) is 35.2 Å². The quantitative estimate of drug-likeness (QED) is 0.855. The molecule has 1 amide bonds. The van der Waals surface area contributed by atoms with Crippen molar-refractivity contribution < 1.29 is 4.79 Å². The maximum Gasteiger partial charge on any atom is 0.224 e. The highest BCUT2D eigenvalue weighted by atomic mass is 35.5. The van der Waals surface area contributed by atoms with Crippen LogP contribution in [0.1, 0.15) is 44.1 Å². The molecule has 136 valence electrons. The van der Waals surface area contributed by atoms with Gasteiger partial charge in [-0.05, 0) is 67.2 Å². The van der Waals surface area contributed by atoms with E-state index in [1.54, 1.807) is 11.3 Å². The maximum atomic E-state index is 12.7. The smallest absolute Gasteiger partial charge is 0.224 e. The molecule has 1 aliphatic carbocycles. The summed E-state index contributed by atoms with van der Waals surface area (Å²) in [7, 11) is 0. The van der Waals surface area contributed by atoms with E-state index in [9.17, 15) is 4.79 Å². The first-order valence-electron chi connectivity index (χ1n) is 9.30. The molecule has 0 spiro atoms. The Morgan fingerprint density at radius 1 is 1.12 bits per heavy atom. The number of hydrogen-bond acceptors (Lipinski definition) is 3. The number of thiophene rings is 1. The van der Waals surface area contributed by atoms with Gasteiger partial charge in [0.05, 0.1) is 6.42 Å². The van der Waals surface area contributed by atoms with E-state index in [-0.39, 0.29) is 18.3 Å². The molecule has 1 aromatic heterocycles. The zero-order chi connectivity index (χ0) is 16.4. The summed E-state index contributed by atoms with van der Waals surface area (Å²) < 4.78 is 1.27. The van der Waals surface area contributed by atoms with Crippen molar-refractivity contribution in [2.24, 2.45) is 0 Å². The molecule has 25 heavy (non-hydrogen) atoms. The number of nitrogens with zero attached hydrogens (tertiary/aromatic N) is 1. The highest BCUT2D eigenvalue weighted by Crippen LogP contribution is 2.27. The number of likely N-dealkylation sites (tertiary alicyclic amines) is 1. The molecule has 2 heterocycles. The number of nitrogens with one attached hydrogen (secondary N) is 1. The van der Waals surface area contributed by atoms with Crippen LogP contribution in [0.4, 0.5) is 0 Å². The fourth-order valence-electron chi connectivity index (χ4n) is 4.43. The summed E-state index contributed by atoms with van der Waals surface area (Å²) >= 11 is 1.74. The van der Waals surface area contributed by atoms with Crippen LogP contribution in [0.25, 0.3) is 10.1 Å². The number of halogens is 1.